The molecule has 0 aliphatic carbocycles. The quantitative estimate of drug-likeness (QED) is 0.478. The van der Waals surface area contributed by atoms with Gasteiger partial charge in [-0.05, 0) is 12.8 Å². The first-order valence-electron chi connectivity index (χ1n) is 5.23. The van der Waals surface area contributed by atoms with Crippen LogP contribution in [0, 0.1) is 0 Å². The van der Waals surface area contributed by atoms with Crippen molar-refractivity contribution in [2.24, 2.45) is 5.73 Å². The van der Waals surface area contributed by atoms with Gasteiger partial charge in [-0.15, -0.1) is 0 Å². The average molecular weight is 231 g/mol. The summed E-state index contributed by atoms with van der Waals surface area (Å²) >= 11 is 0. The van der Waals surface area contributed by atoms with Crippen molar-refractivity contribution in [1.29, 1.82) is 0 Å². The van der Waals surface area contributed by atoms with Gasteiger partial charge >= 0.3 is 12.0 Å². The third kappa shape index (κ3) is 4.03. The number of aliphatic carboxylic acids is 1. The van der Waals surface area contributed by atoms with Crippen LogP contribution in [0.3, 0.4) is 0 Å². The van der Waals surface area contributed by atoms with Crippen LogP contribution in [0.25, 0.3) is 0 Å². The molecule has 7 heteroatoms. The number of nitrogens with one attached hydrogen (secondary N) is 2. The summed E-state index contributed by atoms with van der Waals surface area (Å²) in [5.74, 6) is -0.949. The highest BCUT2D eigenvalue weighted by molar-refractivity contribution is 5.74. The fourth-order valence-corrected chi connectivity index (χ4v) is 1.49. The van der Waals surface area contributed by atoms with E-state index in [1.165, 1.54) is 0 Å². The molecule has 1 saturated heterocycles. The smallest absolute Gasteiger partial charge is 0.332 e. The SMILES string of the molecule is NCCNC(=O)NCC1CCC(C(=O)O)O1. The van der Waals surface area contributed by atoms with Gasteiger partial charge in [0.1, 0.15) is 0 Å². The number of carbonyl (C=O) groups is 2. The lowest BCUT2D eigenvalue weighted by atomic mass is 10.2. The van der Waals surface area contributed by atoms with Crippen molar-refractivity contribution in [3.05, 3.63) is 0 Å². The van der Waals surface area contributed by atoms with E-state index in [2.05, 4.69) is 10.6 Å². The summed E-state index contributed by atoms with van der Waals surface area (Å²) in [4.78, 5) is 21.7. The number of hydrogen-bond donors (Lipinski definition) is 4. The van der Waals surface area contributed by atoms with E-state index in [4.69, 9.17) is 15.6 Å². The predicted octanol–water partition coefficient (Wildman–Crippen LogP) is -1.12. The van der Waals surface area contributed by atoms with E-state index >= 15 is 0 Å². The Balaban J connectivity index is 2.15. The van der Waals surface area contributed by atoms with Gasteiger partial charge in [-0.2, -0.15) is 0 Å². The van der Waals surface area contributed by atoms with E-state index in [-0.39, 0.29) is 12.1 Å². The van der Waals surface area contributed by atoms with Gasteiger partial charge in [0.25, 0.3) is 0 Å². The highest BCUT2D eigenvalue weighted by Crippen LogP contribution is 2.18. The monoisotopic (exact) mass is 231 g/mol. The number of nitrogens with two attached hydrogens (primary N) is 1. The Morgan fingerprint density at radius 3 is 2.69 bits per heavy atom. The van der Waals surface area contributed by atoms with Crippen molar-refractivity contribution < 1.29 is 19.4 Å². The van der Waals surface area contributed by atoms with Gasteiger partial charge < -0.3 is 26.2 Å². The number of amides is 2. The summed E-state index contributed by atoms with van der Waals surface area (Å²) in [7, 11) is 0. The summed E-state index contributed by atoms with van der Waals surface area (Å²) in [5, 5.41) is 13.8. The van der Waals surface area contributed by atoms with Crippen LogP contribution in [-0.4, -0.2) is 48.9 Å². The summed E-state index contributed by atoms with van der Waals surface area (Å²) in [6, 6.07) is -0.312. The Labute approximate surface area is 93.3 Å². The zero-order valence-electron chi connectivity index (χ0n) is 8.94. The maximum atomic E-state index is 11.1. The third-order valence-corrected chi connectivity index (χ3v) is 2.30. The van der Waals surface area contributed by atoms with Gasteiger partial charge in [0.15, 0.2) is 6.10 Å². The Bertz CT molecular complexity index is 259. The largest absolute Gasteiger partial charge is 0.479 e. The minimum absolute atomic E-state index is 0.218. The Kier molecular flexibility index (Phi) is 5.00. The molecule has 5 N–H and O–H groups in total. The molecule has 0 radical (unpaired) electrons. The fraction of sp³-hybridized carbons (Fsp3) is 0.778. The molecular weight excluding hydrogens is 214 g/mol. The number of hydrogen-bond acceptors (Lipinski definition) is 4. The van der Waals surface area contributed by atoms with Crippen LogP contribution in [0.1, 0.15) is 12.8 Å². The van der Waals surface area contributed by atoms with Crippen LogP contribution in [0.2, 0.25) is 0 Å². The Morgan fingerprint density at radius 2 is 2.12 bits per heavy atom. The maximum Gasteiger partial charge on any atom is 0.332 e. The molecular formula is C9H17N3O4. The molecule has 1 aliphatic rings. The molecule has 0 aromatic carbocycles. The topological polar surface area (TPSA) is 114 Å². The molecule has 7 nitrogen and oxygen atoms in total. The molecule has 0 spiro atoms. The fourth-order valence-electron chi connectivity index (χ4n) is 1.49. The first-order valence-corrected chi connectivity index (χ1v) is 5.23. The molecule has 2 unspecified atom stereocenters. The van der Waals surface area contributed by atoms with Crippen molar-refractivity contribution in [3.8, 4) is 0 Å². The van der Waals surface area contributed by atoms with Gasteiger partial charge in [-0.1, -0.05) is 0 Å². The van der Waals surface area contributed by atoms with E-state index in [1.54, 1.807) is 0 Å². The van der Waals surface area contributed by atoms with Crippen molar-refractivity contribution in [2.45, 2.75) is 25.0 Å². The first kappa shape index (κ1) is 12.7. The summed E-state index contributed by atoms with van der Waals surface area (Å²) in [5.41, 5.74) is 5.21. The molecule has 16 heavy (non-hydrogen) atoms. The van der Waals surface area contributed by atoms with E-state index in [0.717, 1.165) is 0 Å². The van der Waals surface area contributed by atoms with E-state index in [1.807, 2.05) is 0 Å². The van der Waals surface area contributed by atoms with Crippen LogP contribution in [0.4, 0.5) is 4.79 Å². The minimum Gasteiger partial charge on any atom is -0.479 e. The molecule has 0 saturated carbocycles. The van der Waals surface area contributed by atoms with E-state index in [9.17, 15) is 9.59 Å². The number of urea groups is 1. The van der Waals surface area contributed by atoms with Crippen molar-refractivity contribution in [1.82, 2.24) is 10.6 Å². The van der Waals surface area contributed by atoms with Crippen LogP contribution in [-0.2, 0) is 9.53 Å². The second-order valence-electron chi connectivity index (χ2n) is 3.59. The zero-order valence-corrected chi connectivity index (χ0v) is 8.94. The summed E-state index contributed by atoms with van der Waals surface area (Å²) < 4.78 is 5.21. The van der Waals surface area contributed by atoms with Crippen LogP contribution in [0.5, 0.6) is 0 Å². The number of carboxylic acids is 1. The van der Waals surface area contributed by atoms with Gasteiger partial charge in [0.2, 0.25) is 0 Å². The molecule has 1 rings (SSSR count). The molecule has 1 fully saturated rings. The number of ether oxygens (including phenoxy) is 1. The van der Waals surface area contributed by atoms with E-state index < -0.39 is 12.1 Å². The summed E-state index contributed by atoms with van der Waals surface area (Å²) in [6.07, 6.45) is 0.184. The molecule has 0 aromatic rings. The predicted molar refractivity (Wildman–Crippen MR) is 56.0 cm³/mol. The Morgan fingerprint density at radius 1 is 1.38 bits per heavy atom. The zero-order chi connectivity index (χ0) is 12.0. The van der Waals surface area contributed by atoms with Gasteiger partial charge in [0, 0.05) is 19.6 Å². The molecule has 2 atom stereocenters. The third-order valence-electron chi connectivity index (χ3n) is 2.30. The minimum atomic E-state index is -0.949. The normalized spacial score (nSPS) is 24.1. The van der Waals surface area contributed by atoms with Crippen molar-refractivity contribution in [3.63, 3.8) is 0 Å². The average Bonchev–Trinajstić information content (AvgIpc) is 2.72. The maximum absolute atomic E-state index is 11.1. The standard InChI is InChI=1S/C9H17N3O4/c10-3-4-11-9(15)12-5-6-1-2-7(16-6)8(13)14/h6-7H,1-5,10H2,(H,13,14)(H2,11,12,15). The highest BCUT2D eigenvalue weighted by Gasteiger charge is 2.30. The van der Waals surface area contributed by atoms with Crippen LogP contribution < -0.4 is 16.4 Å². The van der Waals surface area contributed by atoms with Crippen LogP contribution >= 0.6 is 0 Å². The van der Waals surface area contributed by atoms with Gasteiger partial charge in [-0.3, -0.25) is 0 Å². The van der Waals surface area contributed by atoms with Crippen molar-refractivity contribution in [2.75, 3.05) is 19.6 Å². The lowest BCUT2D eigenvalue weighted by Gasteiger charge is -2.12. The van der Waals surface area contributed by atoms with Crippen LogP contribution in [0.15, 0.2) is 0 Å². The first-order chi connectivity index (χ1) is 7.63. The molecule has 92 valence electrons. The molecule has 0 aromatic heterocycles. The number of carbonyl (C=O) groups excluding carboxylic acids is 1. The molecule has 0 bridgehead atoms. The lowest BCUT2D eigenvalue weighted by Crippen LogP contribution is -2.41. The molecule has 1 heterocycles. The molecule has 1 aliphatic heterocycles. The van der Waals surface area contributed by atoms with Crippen molar-refractivity contribution >= 4 is 12.0 Å². The lowest BCUT2D eigenvalue weighted by molar-refractivity contribution is -0.149. The number of rotatable bonds is 5. The Hall–Kier alpha value is -1.34. The van der Waals surface area contributed by atoms with Gasteiger partial charge in [-0.25, -0.2) is 9.59 Å². The molecule has 2 amide bonds. The highest BCUT2D eigenvalue weighted by atomic mass is 16.5. The second kappa shape index (κ2) is 6.29. The van der Waals surface area contributed by atoms with Gasteiger partial charge in [0.05, 0.1) is 6.10 Å². The second-order valence-corrected chi connectivity index (χ2v) is 3.59. The number of carboxylic acid groups (broad SMARTS) is 1. The van der Waals surface area contributed by atoms with E-state index in [0.29, 0.717) is 32.5 Å². The summed E-state index contributed by atoms with van der Waals surface area (Å²) in [6.45, 7) is 1.11.